The van der Waals surface area contributed by atoms with E-state index in [2.05, 4.69) is 55.3 Å². The van der Waals surface area contributed by atoms with Crippen molar-refractivity contribution in [3.05, 3.63) is 36.2 Å². The zero-order valence-corrected chi connectivity index (χ0v) is 16.3. The van der Waals surface area contributed by atoms with Gasteiger partial charge in [0.15, 0.2) is 5.16 Å². The lowest BCUT2D eigenvalue weighted by Crippen LogP contribution is -2.34. The molecule has 1 aromatic heterocycles. The van der Waals surface area contributed by atoms with Gasteiger partial charge in [-0.1, -0.05) is 50.7 Å². The van der Waals surface area contributed by atoms with Gasteiger partial charge in [-0.2, -0.15) is 0 Å². The lowest BCUT2D eigenvalue weighted by molar-refractivity contribution is -0.119. The second-order valence-corrected chi connectivity index (χ2v) is 7.64. The van der Waals surface area contributed by atoms with Crippen molar-refractivity contribution in [2.75, 3.05) is 5.75 Å². The van der Waals surface area contributed by atoms with Crippen LogP contribution in [-0.4, -0.2) is 32.5 Å². The van der Waals surface area contributed by atoms with E-state index in [1.165, 1.54) is 17.3 Å². The highest BCUT2D eigenvalue weighted by Gasteiger charge is 2.13. The molecule has 1 atom stereocenters. The molecule has 5 nitrogen and oxygen atoms in total. The molecule has 0 bridgehead atoms. The maximum Gasteiger partial charge on any atom is 0.230 e. The van der Waals surface area contributed by atoms with Crippen molar-refractivity contribution in [2.45, 2.75) is 58.2 Å². The molecule has 0 saturated heterocycles. The summed E-state index contributed by atoms with van der Waals surface area (Å²) in [6.45, 7) is 8.59. The summed E-state index contributed by atoms with van der Waals surface area (Å²) in [5, 5.41) is 12.0. The summed E-state index contributed by atoms with van der Waals surface area (Å²) >= 11 is 1.42. The average Bonchev–Trinajstić information content (AvgIpc) is 3.06. The number of benzene rings is 1. The van der Waals surface area contributed by atoms with Crippen molar-refractivity contribution >= 4 is 17.7 Å². The molecule has 1 N–H and O–H groups in total. The molecule has 0 spiro atoms. The van der Waals surface area contributed by atoms with Crippen LogP contribution in [0.25, 0.3) is 5.69 Å². The van der Waals surface area contributed by atoms with Gasteiger partial charge in [-0.25, -0.2) is 0 Å². The van der Waals surface area contributed by atoms with Crippen LogP contribution in [0.1, 0.15) is 46.1 Å². The maximum absolute atomic E-state index is 12.2. The SMILES string of the molecule is CCc1ccccc1-n1cnnc1SCC(=O)NC(C)CCC(C)C. The lowest BCUT2D eigenvalue weighted by Gasteiger charge is -2.15. The second kappa shape index (κ2) is 9.61. The molecule has 136 valence electrons. The number of nitrogens with zero attached hydrogens (tertiary/aromatic N) is 3. The van der Waals surface area contributed by atoms with Gasteiger partial charge in [0, 0.05) is 6.04 Å². The van der Waals surface area contributed by atoms with Crippen molar-refractivity contribution in [3.63, 3.8) is 0 Å². The van der Waals surface area contributed by atoms with Crippen LogP contribution in [0.2, 0.25) is 0 Å². The van der Waals surface area contributed by atoms with Crippen LogP contribution in [-0.2, 0) is 11.2 Å². The third-order valence-corrected chi connectivity index (χ3v) is 5.01. The third kappa shape index (κ3) is 5.88. The predicted molar refractivity (Wildman–Crippen MR) is 103 cm³/mol. The Labute approximate surface area is 154 Å². The summed E-state index contributed by atoms with van der Waals surface area (Å²) in [5.41, 5.74) is 2.30. The minimum absolute atomic E-state index is 0.0413. The highest BCUT2D eigenvalue weighted by Crippen LogP contribution is 2.22. The Morgan fingerprint density at radius 3 is 2.72 bits per heavy atom. The summed E-state index contributed by atoms with van der Waals surface area (Å²) < 4.78 is 1.96. The van der Waals surface area contributed by atoms with E-state index in [1.54, 1.807) is 6.33 Å². The number of carbonyl (C=O) groups excluding carboxylic acids is 1. The number of aromatic nitrogens is 3. The average molecular weight is 361 g/mol. The van der Waals surface area contributed by atoms with Crippen LogP contribution >= 0.6 is 11.8 Å². The molecule has 1 aromatic carbocycles. The van der Waals surface area contributed by atoms with Crippen molar-refractivity contribution in [1.82, 2.24) is 20.1 Å². The van der Waals surface area contributed by atoms with E-state index in [0.29, 0.717) is 11.7 Å². The van der Waals surface area contributed by atoms with E-state index in [4.69, 9.17) is 0 Å². The number of hydrogen-bond acceptors (Lipinski definition) is 4. The van der Waals surface area contributed by atoms with Crippen LogP contribution in [0, 0.1) is 5.92 Å². The fourth-order valence-electron chi connectivity index (χ4n) is 2.63. The van der Waals surface area contributed by atoms with E-state index in [0.717, 1.165) is 30.1 Å². The molecule has 2 aromatic rings. The largest absolute Gasteiger partial charge is 0.353 e. The summed E-state index contributed by atoms with van der Waals surface area (Å²) in [4.78, 5) is 12.2. The molecule has 2 rings (SSSR count). The molecule has 1 amide bonds. The Bertz CT molecular complexity index is 684. The number of nitrogens with one attached hydrogen (secondary N) is 1. The van der Waals surface area contributed by atoms with Crippen LogP contribution in [0.5, 0.6) is 0 Å². The number of rotatable bonds is 9. The van der Waals surface area contributed by atoms with Crippen LogP contribution in [0.4, 0.5) is 0 Å². The maximum atomic E-state index is 12.2. The van der Waals surface area contributed by atoms with Crippen LogP contribution < -0.4 is 5.32 Å². The summed E-state index contributed by atoms with van der Waals surface area (Å²) in [6.07, 6.45) is 4.77. The highest BCUT2D eigenvalue weighted by molar-refractivity contribution is 7.99. The van der Waals surface area contributed by atoms with E-state index in [9.17, 15) is 4.79 Å². The van der Waals surface area contributed by atoms with Gasteiger partial charge >= 0.3 is 0 Å². The third-order valence-electron chi connectivity index (χ3n) is 4.07. The van der Waals surface area contributed by atoms with Gasteiger partial charge in [0.25, 0.3) is 0 Å². The number of hydrogen-bond donors (Lipinski definition) is 1. The standard InChI is InChI=1S/C19H28N4OS/c1-5-16-8-6-7-9-17(16)23-13-20-22-19(23)25-12-18(24)21-15(4)11-10-14(2)3/h6-9,13-15H,5,10-12H2,1-4H3,(H,21,24). The highest BCUT2D eigenvalue weighted by atomic mass is 32.2. The zero-order valence-electron chi connectivity index (χ0n) is 15.5. The Hall–Kier alpha value is -1.82. The number of para-hydroxylation sites is 1. The monoisotopic (exact) mass is 360 g/mol. The van der Waals surface area contributed by atoms with Crippen molar-refractivity contribution < 1.29 is 4.79 Å². The molecule has 0 aliphatic carbocycles. The molecule has 1 heterocycles. The first-order valence-corrected chi connectivity index (χ1v) is 9.90. The first-order valence-electron chi connectivity index (χ1n) is 8.91. The first kappa shape index (κ1) is 19.5. The predicted octanol–water partition coefficient (Wildman–Crippen LogP) is 3.86. The number of carbonyl (C=O) groups is 1. The molecule has 0 aliphatic heterocycles. The molecule has 0 radical (unpaired) electrons. The molecule has 0 saturated carbocycles. The number of amides is 1. The van der Waals surface area contributed by atoms with Gasteiger partial charge < -0.3 is 5.32 Å². The van der Waals surface area contributed by atoms with Crippen LogP contribution in [0.3, 0.4) is 0 Å². The Balaban J connectivity index is 1.94. The lowest BCUT2D eigenvalue weighted by atomic mass is 10.0. The van der Waals surface area contributed by atoms with Gasteiger partial charge in [0.05, 0.1) is 11.4 Å². The van der Waals surface area contributed by atoms with E-state index in [-0.39, 0.29) is 11.9 Å². The van der Waals surface area contributed by atoms with Crippen molar-refractivity contribution in [2.24, 2.45) is 5.92 Å². The Kier molecular flexibility index (Phi) is 7.50. The molecule has 6 heteroatoms. The quantitative estimate of drug-likeness (QED) is 0.690. The van der Waals surface area contributed by atoms with Crippen LogP contribution in [0.15, 0.2) is 35.7 Å². The van der Waals surface area contributed by atoms with Gasteiger partial charge in [0.1, 0.15) is 6.33 Å². The first-order chi connectivity index (χ1) is 12.0. The smallest absolute Gasteiger partial charge is 0.230 e. The van der Waals surface area contributed by atoms with E-state index < -0.39 is 0 Å². The molecular weight excluding hydrogens is 332 g/mol. The van der Waals surface area contributed by atoms with Crippen molar-refractivity contribution in [1.29, 1.82) is 0 Å². The van der Waals surface area contributed by atoms with Gasteiger partial charge in [0.2, 0.25) is 5.91 Å². The number of thioether (sulfide) groups is 1. The number of aryl methyl sites for hydroxylation is 1. The summed E-state index contributed by atoms with van der Waals surface area (Å²) in [7, 11) is 0. The van der Waals surface area contributed by atoms with Crippen molar-refractivity contribution in [3.8, 4) is 5.69 Å². The molecular formula is C19H28N4OS. The van der Waals surface area contributed by atoms with Gasteiger partial charge in [-0.3, -0.25) is 9.36 Å². The molecule has 0 fully saturated rings. The van der Waals surface area contributed by atoms with Gasteiger partial charge in [-0.15, -0.1) is 10.2 Å². The summed E-state index contributed by atoms with van der Waals surface area (Å²) in [5.74, 6) is 1.05. The minimum atomic E-state index is 0.0413. The van der Waals surface area contributed by atoms with E-state index >= 15 is 0 Å². The molecule has 25 heavy (non-hydrogen) atoms. The Morgan fingerprint density at radius 2 is 2.00 bits per heavy atom. The fraction of sp³-hybridized carbons (Fsp3) is 0.526. The molecule has 1 unspecified atom stereocenters. The minimum Gasteiger partial charge on any atom is -0.353 e. The fourth-order valence-corrected chi connectivity index (χ4v) is 3.37. The summed E-state index contributed by atoms with van der Waals surface area (Å²) in [6, 6.07) is 8.40. The topological polar surface area (TPSA) is 59.8 Å². The van der Waals surface area contributed by atoms with Gasteiger partial charge in [-0.05, 0) is 43.7 Å². The zero-order chi connectivity index (χ0) is 18.2. The second-order valence-electron chi connectivity index (χ2n) is 6.69. The van der Waals surface area contributed by atoms with E-state index in [1.807, 2.05) is 16.7 Å². The Morgan fingerprint density at radius 1 is 1.24 bits per heavy atom. The normalized spacial score (nSPS) is 12.4. The molecule has 0 aliphatic rings.